The monoisotopic (exact) mass is 875 g/mol. The zero-order chi connectivity index (χ0) is 46.0. The van der Waals surface area contributed by atoms with Gasteiger partial charge in [-0.1, -0.05) is 70.7 Å². The Kier molecular flexibility index (Phi) is 16.1. The maximum Gasteiger partial charge on any atom is 0.293 e. The molecule has 0 bridgehead atoms. The van der Waals surface area contributed by atoms with Crippen LogP contribution in [0.2, 0.25) is 0 Å². The van der Waals surface area contributed by atoms with Gasteiger partial charge in [0.1, 0.15) is 12.1 Å². The SMILES string of the molecule is C=CC(=O)N1CC[C@H](C(=O)N(C)C(C(=O)NC(Cc2cccc(-c3ccc4c(c3)c(CC(C)(C)COC=O)c3n4CCOC(C)C=N/C=C\C=C\3)c2)C(=O)N2CCCCN2)C(C)C)C1. The van der Waals surface area contributed by atoms with Gasteiger partial charge in [0.15, 0.2) is 0 Å². The Hall–Kier alpha value is -5.86. The van der Waals surface area contributed by atoms with Crippen molar-refractivity contribution in [3.63, 3.8) is 0 Å². The molecule has 3 aliphatic heterocycles. The average molecular weight is 876 g/mol. The number of hydrogen-bond acceptors (Lipinski definition) is 9. The van der Waals surface area contributed by atoms with Gasteiger partial charge in [-0.25, -0.2) is 5.43 Å². The summed E-state index contributed by atoms with van der Waals surface area (Å²) in [4.78, 5) is 73.4. The maximum absolute atomic E-state index is 14.3. The molecule has 14 nitrogen and oxygen atoms in total. The van der Waals surface area contributed by atoms with Crippen molar-refractivity contribution in [3.05, 3.63) is 90.3 Å². The largest absolute Gasteiger partial charge is 0.467 e. The zero-order valence-corrected chi connectivity index (χ0v) is 38.3. The van der Waals surface area contributed by atoms with Crippen molar-refractivity contribution in [1.29, 1.82) is 0 Å². The molecule has 2 fully saturated rings. The van der Waals surface area contributed by atoms with E-state index in [1.807, 2.05) is 51.1 Å². The lowest BCUT2D eigenvalue weighted by Crippen LogP contribution is -2.59. The predicted molar refractivity (Wildman–Crippen MR) is 250 cm³/mol. The molecule has 14 heteroatoms. The number of aliphatic imine (C=N–C) groups is 1. The fraction of sp³-hybridized carbons (Fsp3) is 0.480. The summed E-state index contributed by atoms with van der Waals surface area (Å²) >= 11 is 0. The molecular formula is C50H65N7O7. The molecule has 0 spiro atoms. The van der Waals surface area contributed by atoms with Crippen LogP contribution in [0.25, 0.3) is 28.1 Å². The Balaban J connectivity index is 1.32. The van der Waals surface area contributed by atoms with Gasteiger partial charge < -0.3 is 29.2 Å². The number of ether oxygens (including phenoxy) is 2. The smallest absolute Gasteiger partial charge is 0.293 e. The average Bonchev–Trinajstić information content (AvgIpc) is 3.88. The minimum Gasteiger partial charge on any atom is -0.467 e. The molecule has 4 heterocycles. The van der Waals surface area contributed by atoms with E-state index < -0.39 is 23.9 Å². The van der Waals surface area contributed by atoms with Crippen LogP contribution in [0.15, 0.2) is 78.5 Å². The Morgan fingerprint density at radius 3 is 2.61 bits per heavy atom. The van der Waals surface area contributed by atoms with Crippen molar-refractivity contribution in [2.75, 3.05) is 46.4 Å². The van der Waals surface area contributed by atoms with Crippen LogP contribution in [-0.2, 0) is 52.8 Å². The van der Waals surface area contributed by atoms with Crippen LogP contribution < -0.4 is 10.7 Å². The van der Waals surface area contributed by atoms with Crippen LogP contribution in [0.1, 0.15) is 70.7 Å². The van der Waals surface area contributed by atoms with E-state index in [1.54, 1.807) is 29.4 Å². The minimum atomic E-state index is -0.918. The van der Waals surface area contributed by atoms with Crippen LogP contribution in [0.4, 0.5) is 0 Å². The van der Waals surface area contributed by atoms with Crippen molar-refractivity contribution in [1.82, 2.24) is 30.1 Å². The Bertz CT molecular complexity index is 2270. The van der Waals surface area contributed by atoms with Crippen molar-refractivity contribution in [2.45, 2.75) is 91.5 Å². The normalized spacial score (nSPS) is 20.0. The summed E-state index contributed by atoms with van der Waals surface area (Å²) in [5, 5.41) is 5.76. The van der Waals surface area contributed by atoms with Gasteiger partial charge in [0, 0.05) is 80.6 Å². The van der Waals surface area contributed by atoms with E-state index in [0.717, 1.165) is 51.7 Å². The van der Waals surface area contributed by atoms with Gasteiger partial charge in [-0.15, -0.1) is 0 Å². The van der Waals surface area contributed by atoms with E-state index in [1.165, 1.54) is 11.0 Å². The first kappa shape index (κ1) is 47.6. The number of nitrogens with one attached hydrogen (secondary N) is 2. The number of aromatic nitrogens is 1. The first-order chi connectivity index (χ1) is 30.7. The number of rotatable bonds is 15. The molecule has 0 aliphatic carbocycles. The van der Waals surface area contributed by atoms with E-state index in [4.69, 9.17) is 9.47 Å². The van der Waals surface area contributed by atoms with Crippen molar-refractivity contribution >= 4 is 53.3 Å². The first-order valence-corrected chi connectivity index (χ1v) is 22.5. The highest BCUT2D eigenvalue weighted by Gasteiger charge is 2.39. The molecule has 0 saturated carbocycles. The predicted octanol–water partition coefficient (Wildman–Crippen LogP) is 5.74. The van der Waals surface area contributed by atoms with Crippen molar-refractivity contribution in [2.24, 2.45) is 22.2 Å². The summed E-state index contributed by atoms with van der Waals surface area (Å²) in [6.07, 6.45) is 13.7. The summed E-state index contributed by atoms with van der Waals surface area (Å²) in [6.45, 7) is 17.2. The molecule has 4 amide bonds. The zero-order valence-electron chi connectivity index (χ0n) is 38.3. The van der Waals surface area contributed by atoms with Crippen LogP contribution in [0.3, 0.4) is 0 Å². The van der Waals surface area contributed by atoms with Crippen LogP contribution in [0.5, 0.6) is 0 Å². The molecule has 2 saturated heterocycles. The molecule has 2 aromatic carbocycles. The van der Waals surface area contributed by atoms with E-state index in [0.29, 0.717) is 52.1 Å². The number of benzene rings is 2. The molecule has 4 atom stereocenters. The number of carbonyl (C=O) groups excluding carboxylic acids is 5. The second kappa shape index (κ2) is 21.7. The third-order valence-corrected chi connectivity index (χ3v) is 12.3. The van der Waals surface area contributed by atoms with Gasteiger partial charge in [0.2, 0.25) is 17.7 Å². The fourth-order valence-electron chi connectivity index (χ4n) is 9.10. The quantitative estimate of drug-likeness (QED) is 0.145. The lowest BCUT2D eigenvalue weighted by Gasteiger charge is -2.35. The molecule has 1 aromatic heterocycles. The lowest BCUT2D eigenvalue weighted by molar-refractivity contribution is -0.145. The number of hydrogen-bond donors (Lipinski definition) is 2. The van der Waals surface area contributed by atoms with Crippen molar-refractivity contribution in [3.8, 4) is 11.1 Å². The molecular weight excluding hydrogens is 811 g/mol. The van der Waals surface area contributed by atoms with E-state index in [9.17, 15) is 24.0 Å². The lowest BCUT2D eigenvalue weighted by atomic mass is 9.85. The van der Waals surface area contributed by atoms with E-state index in [-0.39, 0.29) is 54.7 Å². The number of amides is 4. The minimum absolute atomic E-state index is 0.150. The fourth-order valence-corrected chi connectivity index (χ4v) is 9.10. The Morgan fingerprint density at radius 1 is 1.08 bits per heavy atom. The third kappa shape index (κ3) is 11.6. The summed E-state index contributed by atoms with van der Waals surface area (Å²) in [6, 6.07) is 12.7. The third-order valence-electron chi connectivity index (χ3n) is 12.3. The van der Waals surface area contributed by atoms with E-state index >= 15 is 0 Å². The number of hydrazine groups is 1. The molecule has 342 valence electrons. The number of carbonyl (C=O) groups is 5. The van der Waals surface area contributed by atoms with Gasteiger partial charge in [-0.3, -0.25) is 34.0 Å². The summed E-state index contributed by atoms with van der Waals surface area (Å²) in [7, 11) is 1.63. The molecule has 3 unspecified atom stereocenters. The topological polar surface area (TPSA) is 155 Å². The Morgan fingerprint density at radius 2 is 1.88 bits per heavy atom. The molecule has 0 radical (unpaired) electrons. The van der Waals surface area contributed by atoms with E-state index in [2.05, 4.69) is 71.1 Å². The molecule has 64 heavy (non-hydrogen) atoms. The highest BCUT2D eigenvalue weighted by molar-refractivity contribution is 5.94. The summed E-state index contributed by atoms with van der Waals surface area (Å²) in [5.74, 6) is -1.78. The van der Waals surface area contributed by atoms with Gasteiger partial charge in [0.25, 0.3) is 12.4 Å². The maximum atomic E-state index is 14.3. The van der Waals surface area contributed by atoms with Gasteiger partial charge in [-0.05, 0) is 91.1 Å². The van der Waals surface area contributed by atoms with Crippen molar-refractivity contribution < 1.29 is 33.4 Å². The van der Waals surface area contributed by atoms with Crippen LogP contribution in [-0.4, -0.2) is 120 Å². The van der Waals surface area contributed by atoms with Crippen LogP contribution >= 0.6 is 0 Å². The number of allylic oxidation sites excluding steroid dienone is 2. The Labute approximate surface area is 377 Å². The number of likely N-dealkylation sites (N-methyl/N-ethyl adjacent to an activating group) is 1. The molecule has 6 rings (SSSR count). The second-order valence-corrected chi connectivity index (χ2v) is 18.3. The second-order valence-electron chi connectivity index (χ2n) is 18.3. The van der Waals surface area contributed by atoms with Gasteiger partial charge >= 0.3 is 0 Å². The molecule has 3 aromatic rings. The van der Waals surface area contributed by atoms with Crippen LogP contribution in [0, 0.1) is 17.3 Å². The van der Waals surface area contributed by atoms with Gasteiger partial charge in [-0.2, -0.15) is 0 Å². The molecule has 3 aliphatic rings. The number of nitrogens with zero attached hydrogens (tertiary/aromatic N) is 5. The summed E-state index contributed by atoms with van der Waals surface area (Å²) < 4.78 is 13.7. The highest BCUT2D eigenvalue weighted by Crippen LogP contribution is 2.36. The first-order valence-electron chi connectivity index (χ1n) is 22.5. The number of likely N-dealkylation sites (tertiary alicyclic amines) is 1. The molecule has 2 N–H and O–H groups in total. The highest BCUT2D eigenvalue weighted by atomic mass is 16.5. The standard InChI is InChI=1S/C50H65N7O7/c1-8-45(59)55-23-19-39(31-55)48(61)54(7)46(34(2)3)47(60)53-42(49(62)57-22-12-11-21-52-57)27-36-14-13-15-37(26-36)38-17-18-44-40(28-38)41(29-50(5,6)32-63-33-58)43-16-9-10-20-51-30-35(4)64-25-24-56(43)44/h8-10,13-18,20,26,28,30,33-35,39,42,46,52H,1,11-12,19,21-25,27,29,31-32H2,2-7H3,(H,53,60)/b16-9+,20-10-,51-30?/t35?,39-,42?,46?/m0/s1. The van der Waals surface area contributed by atoms with Gasteiger partial charge in [0.05, 0.1) is 25.2 Å². The summed E-state index contributed by atoms with van der Waals surface area (Å²) in [5.41, 5.74) is 8.83. The number of fused-ring (bicyclic) bond motifs is 3.